The van der Waals surface area contributed by atoms with Crippen LogP contribution in [0.2, 0.25) is 0 Å². The first-order valence-electron chi connectivity index (χ1n) is 9.25. The summed E-state index contributed by atoms with van der Waals surface area (Å²) in [6.45, 7) is 4.06. The number of hydrogen-bond donors (Lipinski definition) is 0. The molecule has 0 bridgehead atoms. The van der Waals surface area contributed by atoms with E-state index in [0.29, 0.717) is 19.6 Å². The van der Waals surface area contributed by atoms with Gasteiger partial charge in [0.2, 0.25) is 5.75 Å². The molecule has 1 aliphatic heterocycles. The number of nitro groups is 1. The fourth-order valence-electron chi connectivity index (χ4n) is 3.14. The largest absolute Gasteiger partial charge is 0.450 e. The van der Waals surface area contributed by atoms with Crippen molar-refractivity contribution in [3.05, 3.63) is 63.7 Å². The van der Waals surface area contributed by atoms with Crippen molar-refractivity contribution in [3.63, 3.8) is 0 Å². The summed E-state index contributed by atoms with van der Waals surface area (Å²) in [7, 11) is 0. The van der Waals surface area contributed by atoms with Crippen LogP contribution in [-0.4, -0.2) is 42.7 Å². The van der Waals surface area contributed by atoms with Gasteiger partial charge in [-0.25, -0.2) is 0 Å². The molecular formula is C20H21F3N2O4. The lowest BCUT2D eigenvalue weighted by Gasteiger charge is -2.26. The highest BCUT2D eigenvalue weighted by Crippen LogP contribution is 2.36. The molecule has 29 heavy (non-hydrogen) atoms. The predicted octanol–water partition coefficient (Wildman–Crippen LogP) is 4.67. The maximum absolute atomic E-state index is 12.8. The van der Waals surface area contributed by atoms with E-state index in [2.05, 4.69) is 4.90 Å². The number of aryl methyl sites for hydroxylation is 1. The van der Waals surface area contributed by atoms with Gasteiger partial charge in [0.05, 0.1) is 23.7 Å². The Balaban J connectivity index is 1.69. The van der Waals surface area contributed by atoms with Crippen molar-refractivity contribution in [1.82, 2.24) is 4.90 Å². The first kappa shape index (κ1) is 21.1. The summed E-state index contributed by atoms with van der Waals surface area (Å²) < 4.78 is 49.2. The standard InChI is InChI=1S/C20H21F3N2O4/c21-20(22,23)16-4-1-5-17(14-16)29-19-7-6-15(13-18(19)25(26)27)3-2-8-24-9-11-28-12-10-24/h1,4-7,13-14H,2-3,8-12H2. The van der Waals surface area contributed by atoms with Gasteiger partial charge >= 0.3 is 11.9 Å². The van der Waals surface area contributed by atoms with Crippen molar-refractivity contribution in [2.45, 2.75) is 19.0 Å². The Morgan fingerprint density at radius 1 is 1.14 bits per heavy atom. The number of halogens is 3. The Morgan fingerprint density at radius 3 is 2.59 bits per heavy atom. The molecule has 0 atom stereocenters. The van der Waals surface area contributed by atoms with E-state index in [0.717, 1.165) is 43.8 Å². The first-order valence-corrected chi connectivity index (χ1v) is 9.25. The number of hydrogen-bond acceptors (Lipinski definition) is 5. The quantitative estimate of drug-likeness (QED) is 0.490. The van der Waals surface area contributed by atoms with Crippen LogP contribution in [0.1, 0.15) is 17.5 Å². The number of alkyl halides is 3. The molecular weight excluding hydrogens is 389 g/mol. The fourth-order valence-corrected chi connectivity index (χ4v) is 3.14. The number of nitrogens with zero attached hydrogens (tertiary/aromatic N) is 2. The van der Waals surface area contributed by atoms with E-state index in [1.54, 1.807) is 6.07 Å². The van der Waals surface area contributed by atoms with Gasteiger partial charge in [0.1, 0.15) is 5.75 Å². The third-order valence-corrected chi connectivity index (χ3v) is 4.65. The Kier molecular flexibility index (Phi) is 6.71. The van der Waals surface area contributed by atoms with Gasteiger partial charge in [-0.1, -0.05) is 12.1 Å². The lowest BCUT2D eigenvalue weighted by Crippen LogP contribution is -2.36. The molecule has 0 aromatic heterocycles. The van der Waals surface area contributed by atoms with Gasteiger partial charge in [-0.3, -0.25) is 15.0 Å². The topological polar surface area (TPSA) is 64.8 Å². The van der Waals surface area contributed by atoms with Crippen LogP contribution in [0.5, 0.6) is 11.5 Å². The highest BCUT2D eigenvalue weighted by molar-refractivity contribution is 5.51. The number of morpholine rings is 1. The molecule has 1 aliphatic rings. The average molecular weight is 410 g/mol. The molecule has 1 fully saturated rings. The molecule has 0 unspecified atom stereocenters. The van der Waals surface area contributed by atoms with Gasteiger partial charge in [0.25, 0.3) is 0 Å². The van der Waals surface area contributed by atoms with Crippen molar-refractivity contribution in [1.29, 1.82) is 0 Å². The zero-order valence-corrected chi connectivity index (χ0v) is 15.7. The van der Waals surface area contributed by atoms with Crippen LogP contribution in [-0.2, 0) is 17.3 Å². The molecule has 0 aliphatic carbocycles. The van der Waals surface area contributed by atoms with Gasteiger partial charge in [-0.05, 0) is 49.2 Å². The second-order valence-corrected chi connectivity index (χ2v) is 6.74. The van der Waals surface area contributed by atoms with Crippen LogP contribution in [0.15, 0.2) is 42.5 Å². The number of rotatable bonds is 7. The predicted molar refractivity (Wildman–Crippen MR) is 100 cm³/mol. The Labute approximate surface area is 166 Å². The summed E-state index contributed by atoms with van der Waals surface area (Å²) in [5.41, 5.74) is -0.370. The third kappa shape index (κ3) is 5.91. The molecule has 0 N–H and O–H groups in total. The van der Waals surface area contributed by atoms with E-state index < -0.39 is 16.7 Å². The van der Waals surface area contributed by atoms with Crippen molar-refractivity contribution in [2.75, 3.05) is 32.8 Å². The molecule has 6 nitrogen and oxygen atoms in total. The molecule has 0 saturated carbocycles. The minimum Gasteiger partial charge on any atom is -0.450 e. The SMILES string of the molecule is O=[N+]([O-])c1cc(CCCN2CCOCC2)ccc1Oc1cccc(C(F)(F)F)c1. The van der Waals surface area contributed by atoms with E-state index in [-0.39, 0.29) is 17.2 Å². The molecule has 0 spiro atoms. The summed E-state index contributed by atoms with van der Waals surface area (Å²) >= 11 is 0. The summed E-state index contributed by atoms with van der Waals surface area (Å²) in [5, 5.41) is 11.4. The Bertz CT molecular complexity index is 852. The molecule has 0 radical (unpaired) electrons. The lowest BCUT2D eigenvalue weighted by atomic mass is 10.1. The normalized spacial score (nSPS) is 15.3. The molecule has 1 heterocycles. The van der Waals surface area contributed by atoms with Crippen LogP contribution in [0.4, 0.5) is 18.9 Å². The van der Waals surface area contributed by atoms with E-state index in [4.69, 9.17) is 9.47 Å². The zero-order chi connectivity index (χ0) is 20.9. The molecule has 3 rings (SSSR count). The van der Waals surface area contributed by atoms with Crippen molar-refractivity contribution in [2.24, 2.45) is 0 Å². The van der Waals surface area contributed by atoms with E-state index >= 15 is 0 Å². The molecule has 9 heteroatoms. The lowest BCUT2D eigenvalue weighted by molar-refractivity contribution is -0.385. The van der Waals surface area contributed by atoms with Gasteiger partial charge in [0, 0.05) is 19.2 Å². The van der Waals surface area contributed by atoms with E-state index in [9.17, 15) is 23.3 Å². The highest BCUT2D eigenvalue weighted by atomic mass is 19.4. The van der Waals surface area contributed by atoms with E-state index in [1.807, 2.05) is 0 Å². The molecule has 2 aromatic carbocycles. The second-order valence-electron chi connectivity index (χ2n) is 6.74. The number of benzene rings is 2. The third-order valence-electron chi connectivity index (χ3n) is 4.65. The monoisotopic (exact) mass is 410 g/mol. The highest BCUT2D eigenvalue weighted by Gasteiger charge is 2.30. The molecule has 1 saturated heterocycles. The van der Waals surface area contributed by atoms with Crippen molar-refractivity contribution >= 4 is 5.69 Å². The summed E-state index contributed by atoms with van der Waals surface area (Å²) in [6, 6.07) is 8.82. The summed E-state index contributed by atoms with van der Waals surface area (Å²) in [5.74, 6) is -0.200. The fraction of sp³-hybridized carbons (Fsp3) is 0.400. The maximum Gasteiger partial charge on any atom is 0.416 e. The van der Waals surface area contributed by atoms with E-state index in [1.165, 1.54) is 24.3 Å². The van der Waals surface area contributed by atoms with Gasteiger partial charge in [-0.15, -0.1) is 0 Å². The molecule has 0 amide bonds. The van der Waals surface area contributed by atoms with Crippen LogP contribution < -0.4 is 4.74 Å². The van der Waals surface area contributed by atoms with Crippen LogP contribution in [0.3, 0.4) is 0 Å². The molecule has 156 valence electrons. The minimum absolute atomic E-state index is 0.0914. The average Bonchev–Trinajstić information content (AvgIpc) is 2.69. The smallest absolute Gasteiger partial charge is 0.416 e. The summed E-state index contributed by atoms with van der Waals surface area (Å²) in [6.07, 6.45) is -3.03. The van der Waals surface area contributed by atoms with Gasteiger partial charge in [-0.2, -0.15) is 13.2 Å². The van der Waals surface area contributed by atoms with Crippen LogP contribution >= 0.6 is 0 Å². The zero-order valence-electron chi connectivity index (χ0n) is 15.7. The number of ether oxygens (including phenoxy) is 2. The van der Waals surface area contributed by atoms with Gasteiger partial charge in [0.15, 0.2) is 0 Å². The van der Waals surface area contributed by atoms with Crippen LogP contribution in [0.25, 0.3) is 0 Å². The van der Waals surface area contributed by atoms with Crippen molar-refractivity contribution in [3.8, 4) is 11.5 Å². The Morgan fingerprint density at radius 2 is 1.90 bits per heavy atom. The summed E-state index contributed by atoms with van der Waals surface area (Å²) in [4.78, 5) is 13.1. The number of nitro benzene ring substituents is 1. The second kappa shape index (κ2) is 9.23. The molecule has 2 aromatic rings. The van der Waals surface area contributed by atoms with Crippen LogP contribution in [0, 0.1) is 10.1 Å². The minimum atomic E-state index is -4.52. The maximum atomic E-state index is 12.8. The first-order chi connectivity index (χ1) is 13.8. The Hall–Kier alpha value is -2.65. The van der Waals surface area contributed by atoms with Gasteiger partial charge < -0.3 is 9.47 Å². The van der Waals surface area contributed by atoms with Crippen molar-refractivity contribution < 1.29 is 27.6 Å².